The lowest BCUT2D eigenvalue weighted by molar-refractivity contribution is 0.856. The monoisotopic (exact) mass is 204 g/mol. The molecule has 0 aliphatic carbocycles. The van der Waals surface area contributed by atoms with Gasteiger partial charge in [0.05, 0.1) is 5.69 Å². The van der Waals surface area contributed by atoms with E-state index in [9.17, 15) is 0 Å². The van der Waals surface area contributed by atoms with E-state index in [4.69, 9.17) is 0 Å². The molecule has 2 aromatic heterocycles. The van der Waals surface area contributed by atoms with E-state index in [1.807, 2.05) is 26.1 Å². The summed E-state index contributed by atoms with van der Waals surface area (Å²) in [5, 5.41) is 4.07. The highest BCUT2D eigenvalue weighted by atomic mass is 15.3. The molecule has 0 radical (unpaired) electrons. The highest BCUT2D eigenvalue weighted by Gasteiger charge is 2.01. The first-order valence-electron chi connectivity index (χ1n) is 5.19. The summed E-state index contributed by atoms with van der Waals surface area (Å²) in [4.78, 5) is 7.97. The van der Waals surface area contributed by atoms with Crippen molar-refractivity contribution in [1.82, 2.24) is 19.7 Å². The van der Waals surface area contributed by atoms with Crippen LogP contribution in [0, 0.1) is 0 Å². The quantitative estimate of drug-likeness (QED) is 0.753. The second-order valence-corrected chi connectivity index (χ2v) is 2.70. The van der Waals surface area contributed by atoms with Crippen LogP contribution in [0.1, 0.15) is 26.3 Å². The third-order valence-electron chi connectivity index (χ3n) is 1.92. The molecular weight excluding hydrogens is 188 g/mol. The van der Waals surface area contributed by atoms with Crippen LogP contribution < -0.4 is 0 Å². The van der Waals surface area contributed by atoms with Crippen LogP contribution in [0.5, 0.6) is 0 Å². The Balaban J connectivity index is 0.000000531. The van der Waals surface area contributed by atoms with Gasteiger partial charge in [-0.1, -0.05) is 20.8 Å². The van der Waals surface area contributed by atoms with Crippen LogP contribution in [0.2, 0.25) is 0 Å². The van der Waals surface area contributed by atoms with Gasteiger partial charge in [0.15, 0.2) is 0 Å². The van der Waals surface area contributed by atoms with Crippen LogP contribution in [-0.4, -0.2) is 19.7 Å². The fourth-order valence-corrected chi connectivity index (χ4v) is 1.25. The largest absolute Gasteiger partial charge is 0.264 e. The highest BCUT2D eigenvalue weighted by molar-refractivity contribution is 5.37. The van der Waals surface area contributed by atoms with Crippen LogP contribution in [0.3, 0.4) is 0 Å². The van der Waals surface area contributed by atoms with Gasteiger partial charge in [0.25, 0.3) is 0 Å². The average molecular weight is 204 g/mol. The van der Waals surface area contributed by atoms with E-state index >= 15 is 0 Å². The van der Waals surface area contributed by atoms with Crippen LogP contribution in [0.4, 0.5) is 0 Å². The number of aromatic nitrogens is 4. The molecule has 0 unspecified atom stereocenters. The number of hydrogen-bond donors (Lipinski definition) is 0. The van der Waals surface area contributed by atoms with Crippen LogP contribution in [0.25, 0.3) is 5.69 Å². The van der Waals surface area contributed by atoms with Crippen molar-refractivity contribution < 1.29 is 0 Å². The summed E-state index contributed by atoms with van der Waals surface area (Å²) in [6.45, 7) is 6.09. The summed E-state index contributed by atoms with van der Waals surface area (Å²) in [5.74, 6) is 0. The van der Waals surface area contributed by atoms with Crippen LogP contribution >= 0.6 is 0 Å². The van der Waals surface area contributed by atoms with E-state index in [0.29, 0.717) is 0 Å². The maximum atomic E-state index is 4.07. The topological polar surface area (TPSA) is 43.6 Å². The summed E-state index contributed by atoms with van der Waals surface area (Å²) in [6.07, 6.45) is 7.78. The Morgan fingerprint density at radius 2 is 2.07 bits per heavy atom. The Morgan fingerprint density at radius 1 is 1.27 bits per heavy atom. The Labute approximate surface area is 90.0 Å². The maximum Gasteiger partial charge on any atom is 0.138 e. The molecule has 15 heavy (non-hydrogen) atoms. The zero-order chi connectivity index (χ0) is 11.1. The van der Waals surface area contributed by atoms with E-state index in [1.165, 1.54) is 11.9 Å². The molecule has 0 saturated heterocycles. The van der Waals surface area contributed by atoms with Crippen molar-refractivity contribution >= 4 is 0 Å². The van der Waals surface area contributed by atoms with Crippen molar-refractivity contribution in [2.45, 2.75) is 27.2 Å². The van der Waals surface area contributed by atoms with Crippen molar-refractivity contribution in [3.63, 3.8) is 0 Å². The molecule has 0 bridgehead atoms. The smallest absolute Gasteiger partial charge is 0.138 e. The van der Waals surface area contributed by atoms with Gasteiger partial charge in [-0.2, -0.15) is 5.10 Å². The van der Waals surface area contributed by atoms with Gasteiger partial charge >= 0.3 is 0 Å². The molecule has 80 valence electrons. The normalized spacial score (nSPS) is 9.27. The second-order valence-electron chi connectivity index (χ2n) is 2.70. The summed E-state index contributed by atoms with van der Waals surface area (Å²) in [7, 11) is 0. The van der Waals surface area contributed by atoms with E-state index in [2.05, 4.69) is 22.0 Å². The number of hydrogen-bond acceptors (Lipinski definition) is 3. The summed E-state index contributed by atoms with van der Waals surface area (Å²) >= 11 is 0. The van der Waals surface area contributed by atoms with Crippen LogP contribution in [0.15, 0.2) is 31.1 Å². The average Bonchev–Trinajstić information content (AvgIpc) is 2.85. The second kappa shape index (κ2) is 5.90. The molecule has 4 heteroatoms. The number of rotatable bonds is 2. The molecule has 2 rings (SSSR count). The van der Waals surface area contributed by atoms with Crippen molar-refractivity contribution in [2.24, 2.45) is 0 Å². The molecule has 0 aliphatic heterocycles. The zero-order valence-electron chi connectivity index (χ0n) is 9.38. The van der Waals surface area contributed by atoms with Crippen molar-refractivity contribution in [1.29, 1.82) is 0 Å². The number of nitrogens with zero attached hydrogens (tertiary/aromatic N) is 4. The van der Waals surface area contributed by atoms with Gasteiger partial charge in [-0.25, -0.2) is 9.67 Å². The summed E-state index contributed by atoms with van der Waals surface area (Å²) < 4.78 is 1.75. The molecule has 0 atom stereocenters. The molecular formula is C11H16N4. The Bertz CT molecular complexity index is 381. The van der Waals surface area contributed by atoms with E-state index in [0.717, 1.165) is 12.1 Å². The van der Waals surface area contributed by atoms with Crippen molar-refractivity contribution in [2.75, 3.05) is 0 Å². The maximum absolute atomic E-state index is 4.07. The minimum absolute atomic E-state index is 0.947. The standard InChI is InChI=1S/C9H10N4.C2H6/c1-2-8-5-10-4-3-9(8)13-7-11-6-12-13;1-2/h3-7H,2H2,1H3;1-2H3. The highest BCUT2D eigenvalue weighted by Crippen LogP contribution is 2.11. The van der Waals surface area contributed by atoms with Gasteiger partial charge in [0.1, 0.15) is 12.7 Å². The van der Waals surface area contributed by atoms with Gasteiger partial charge < -0.3 is 0 Å². The molecule has 0 aromatic carbocycles. The molecule has 0 spiro atoms. The van der Waals surface area contributed by atoms with Crippen molar-refractivity contribution in [3.8, 4) is 5.69 Å². The van der Waals surface area contributed by atoms with Gasteiger partial charge in [-0.15, -0.1) is 0 Å². The SMILES string of the molecule is CC.CCc1cnccc1-n1cncn1. The molecule has 0 N–H and O–H groups in total. The molecule has 0 aliphatic rings. The minimum atomic E-state index is 0.947. The molecule has 0 amide bonds. The Kier molecular flexibility index (Phi) is 4.47. The number of pyridine rings is 1. The first-order valence-corrected chi connectivity index (χ1v) is 5.19. The van der Waals surface area contributed by atoms with E-state index < -0.39 is 0 Å². The Morgan fingerprint density at radius 3 is 2.67 bits per heavy atom. The van der Waals surface area contributed by atoms with Crippen molar-refractivity contribution in [3.05, 3.63) is 36.7 Å². The van der Waals surface area contributed by atoms with Gasteiger partial charge in [0.2, 0.25) is 0 Å². The lowest BCUT2D eigenvalue weighted by atomic mass is 10.2. The number of aryl methyl sites for hydroxylation is 1. The van der Waals surface area contributed by atoms with Crippen LogP contribution in [-0.2, 0) is 6.42 Å². The molecule has 2 heterocycles. The molecule has 0 saturated carbocycles. The third-order valence-corrected chi connectivity index (χ3v) is 1.92. The van der Waals surface area contributed by atoms with Gasteiger partial charge in [-0.3, -0.25) is 4.98 Å². The minimum Gasteiger partial charge on any atom is -0.264 e. The first-order chi connectivity index (χ1) is 7.42. The fraction of sp³-hybridized carbons (Fsp3) is 0.364. The summed E-state index contributed by atoms with van der Waals surface area (Å²) in [6, 6.07) is 1.94. The lowest BCUT2D eigenvalue weighted by Crippen LogP contribution is -1.99. The summed E-state index contributed by atoms with van der Waals surface area (Å²) in [5.41, 5.74) is 2.23. The van der Waals surface area contributed by atoms with E-state index in [1.54, 1.807) is 17.2 Å². The lowest BCUT2D eigenvalue weighted by Gasteiger charge is -2.04. The zero-order valence-corrected chi connectivity index (χ0v) is 9.38. The molecule has 2 aromatic rings. The van der Waals surface area contributed by atoms with Gasteiger partial charge in [0, 0.05) is 12.4 Å². The predicted octanol–water partition coefficient (Wildman–Crippen LogP) is 2.25. The third kappa shape index (κ3) is 2.62. The van der Waals surface area contributed by atoms with Gasteiger partial charge in [-0.05, 0) is 18.1 Å². The molecule has 0 fully saturated rings. The molecule has 4 nitrogen and oxygen atoms in total. The Hall–Kier alpha value is -1.71. The predicted molar refractivity (Wildman–Crippen MR) is 59.9 cm³/mol. The van der Waals surface area contributed by atoms with E-state index in [-0.39, 0.29) is 0 Å². The fourth-order valence-electron chi connectivity index (χ4n) is 1.25. The first kappa shape index (κ1) is 11.4.